The van der Waals surface area contributed by atoms with Gasteiger partial charge in [0.25, 0.3) is 0 Å². The van der Waals surface area contributed by atoms with Gasteiger partial charge >= 0.3 is 11.9 Å². The molecule has 0 spiro atoms. The van der Waals surface area contributed by atoms with Crippen LogP contribution in [0.15, 0.2) is 23.8 Å². The molecule has 7 atom stereocenters. The number of carbonyl (C=O) groups excluding carboxylic acids is 1. The van der Waals surface area contributed by atoms with Crippen LogP contribution in [-0.2, 0) is 19.1 Å². The smallest absolute Gasteiger partial charge is 0.330 e. The topological polar surface area (TPSA) is 154 Å². The highest BCUT2D eigenvalue weighted by molar-refractivity contribution is 5.82. The zero-order valence-electron chi connectivity index (χ0n) is 20.5. The number of carboxylic acids is 1. The Morgan fingerprint density at radius 1 is 1.06 bits per heavy atom. The lowest BCUT2D eigenvalue weighted by molar-refractivity contribution is -0.187. The summed E-state index contributed by atoms with van der Waals surface area (Å²) < 4.78 is 10.8. The van der Waals surface area contributed by atoms with Gasteiger partial charge in [-0.05, 0) is 44.6 Å². The largest absolute Gasteiger partial charge is 0.481 e. The predicted molar refractivity (Wildman–Crippen MR) is 126 cm³/mol. The predicted octanol–water partition coefficient (Wildman–Crippen LogP) is 1.96. The van der Waals surface area contributed by atoms with Crippen molar-refractivity contribution in [2.24, 2.45) is 11.8 Å². The van der Waals surface area contributed by atoms with E-state index in [1.54, 1.807) is 6.92 Å². The Labute approximate surface area is 202 Å². The second-order valence-electron chi connectivity index (χ2n) is 9.21. The molecule has 0 unspecified atom stereocenters. The Kier molecular flexibility index (Phi) is 14.2. The van der Waals surface area contributed by atoms with Crippen LogP contribution in [0, 0.1) is 11.8 Å². The van der Waals surface area contributed by atoms with E-state index >= 15 is 0 Å². The number of unbranched alkanes of at least 4 members (excludes halogenated alkanes) is 4. The fraction of sp³-hybridized carbons (Fsp3) is 0.760. The zero-order chi connectivity index (χ0) is 25.7. The summed E-state index contributed by atoms with van der Waals surface area (Å²) in [6, 6.07) is 0. The van der Waals surface area contributed by atoms with Gasteiger partial charge in [0.05, 0.1) is 25.4 Å². The molecule has 0 amide bonds. The normalized spacial score (nSPS) is 26.3. The maximum atomic E-state index is 12.0. The quantitative estimate of drug-likeness (QED) is 0.101. The molecule has 1 heterocycles. The Morgan fingerprint density at radius 2 is 1.71 bits per heavy atom. The average Bonchev–Trinajstić information content (AvgIpc) is 2.77. The summed E-state index contributed by atoms with van der Waals surface area (Å²) in [6.07, 6.45) is 4.04. The van der Waals surface area contributed by atoms with Crippen molar-refractivity contribution in [3.8, 4) is 0 Å². The molecule has 0 aromatic carbocycles. The number of rotatable bonds is 15. The summed E-state index contributed by atoms with van der Waals surface area (Å²) in [4.78, 5) is 22.5. The maximum Gasteiger partial charge on any atom is 0.330 e. The molecule has 0 saturated carbocycles. The lowest BCUT2D eigenvalue weighted by Gasteiger charge is -2.39. The third-order valence-electron chi connectivity index (χ3n) is 6.21. The van der Waals surface area contributed by atoms with E-state index in [0.717, 1.165) is 25.3 Å². The van der Waals surface area contributed by atoms with Gasteiger partial charge < -0.3 is 35.0 Å². The first-order valence-corrected chi connectivity index (χ1v) is 12.1. The second kappa shape index (κ2) is 16.0. The zero-order valence-corrected chi connectivity index (χ0v) is 20.5. The number of allylic oxidation sites excluding steroid dienone is 1. The van der Waals surface area contributed by atoms with E-state index in [4.69, 9.17) is 14.6 Å². The minimum Gasteiger partial charge on any atom is -0.481 e. The number of carboxylic acid groups (broad SMARTS) is 1. The lowest BCUT2D eigenvalue weighted by atomic mass is 9.86. The van der Waals surface area contributed by atoms with Crippen molar-refractivity contribution in [1.29, 1.82) is 0 Å². The van der Waals surface area contributed by atoms with Gasteiger partial charge in [-0.3, -0.25) is 4.79 Å². The molecule has 5 N–H and O–H groups in total. The lowest BCUT2D eigenvalue weighted by Crippen LogP contribution is -2.54. The summed E-state index contributed by atoms with van der Waals surface area (Å²) in [5.74, 6) is -1.79. The van der Waals surface area contributed by atoms with E-state index in [1.807, 2.05) is 19.1 Å². The van der Waals surface area contributed by atoms with Gasteiger partial charge in [0.15, 0.2) is 0 Å². The summed E-state index contributed by atoms with van der Waals surface area (Å²) in [5.41, 5.74) is 0.263. The van der Waals surface area contributed by atoms with Gasteiger partial charge in [-0.15, -0.1) is 0 Å². The Hall–Kier alpha value is -1.78. The first-order valence-electron chi connectivity index (χ1n) is 12.1. The molecule has 0 bridgehead atoms. The molecule has 0 radical (unpaired) electrons. The molecule has 1 aliphatic heterocycles. The Bertz CT molecular complexity index is 673. The number of ether oxygens (including phenoxy) is 2. The van der Waals surface area contributed by atoms with Crippen LogP contribution in [0.5, 0.6) is 0 Å². The van der Waals surface area contributed by atoms with E-state index in [2.05, 4.69) is 0 Å². The van der Waals surface area contributed by atoms with E-state index in [9.17, 15) is 30.0 Å². The summed E-state index contributed by atoms with van der Waals surface area (Å²) in [6.45, 7) is 5.46. The Morgan fingerprint density at radius 3 is 2.35 bits per heavy atom. The average molecular weight is 487 g/mol. The second-order valence-corrected chi connectivity index (χ2v) is 9.21. The van der Waals surface area contributed by atoms with Gasteiger partial charge in [0.1, 0.15) is 18.3 Å². The van der Waals surface area contributed by atoms with Crippen LogP contribution in [0.25, 0.3) is 0 Å². The number of aliphatic carboxylic acids is 1. The number of aliphatic hydroxyl groups excluding tert-OH is 4. The fourth-order valence-electron chi connectivity index (χ4n) is 3.67. The molecular weight excluding hydrogens is 444 g/mol. The molecule has 1 saturated heterocycles. The molecule has 9 heteroatoms. The third-order valence-corrected chi connectivity index (χ3v) is 6.21. The molecular formula is C25H42O9. The van der Waals surface area contributed by atoms with Crippen LogP contribution in [0.4, 0.5) is 0 Å². The molecule has 0 aromatic rings. The van der Waals surface area contributed by atoms with Crippen molar-refractivity contribution in [1.82, 2.24) is 0 Å². The van der Waals surface area contributed by atoms with Crippen molar-refractivity contribution in [3.05, 3.63) is 23.8 Å². The van der Waals surface area contributed by atoms with Gasteiger partial charge in [0.2, 0.25) is 0 Å². The van der Waals surface area contributed by atoms with E-state index in [-0.39, 0.29) is 37.0 Å². The van der Waals surface area contributed by atoms with Crippen molar-refractivity contribution in [2.75, 3.05) is 13.2 Å². The minimum atomic E-state index is -1.32. The maximum absolute atomic E-state index is 12.0. The highest BCUT2D eigenvalue weighted by Crippen LogP contribution is 2.27. The van der Waals surface area contributed by atoms with Gasteiger partial charge in [-0.2, -0.15) is 0 Å². The standard InChI is InChI=1S/C25H42O9/c1-16(18(3)26)10-9-11-19-15-34-25(24(32)23(19)31)22(30)17(2)14-21(29)33-13-8-6-4-5-7-12-20(27)28/h9-10,14,16,18-19,22-26,30-32H,4-8,11-13,15H2,1-3H3,(H,27,28)/b10-9+,17-14+/t16-,18+,19-,22-,23-,24-,25+/m1/s1. The van der Waals surface area contributed by atoms with Gasteiger partial charge in [-0.25, -0.2) is 4.79 Å². The highest BCUT2D eigenvalue weighted by atomic mass is 16.5. The number of aliphatic hydroxyl groups is 4. The van der Waals surface area contributed by atoms with Crippen LogP contribution in [0.3, 0.4) is 0 Å². The van der Waals surface area contributed by atoms with E-state index < -0.39 is 42.5 Å². The number of esters is 1. The van der Waals surface area contributed by atoms with Crippen molar-refractivity contribution >= 4 is 11.9 Å². The van der Waals surface area contributed by atoms with Crippen molar-refractivity contribution in [2.45, 2.75) is 96.2 Å². The van der Waals surface area contributed by atoms with Crippen LogP contribution < -0.4 is 0 Å². The fourth-order valence-corrected chi connectivity index (χ4v) is 3.67. The van der Waals surface area contributed by atoms with Crippen molar-refractivity contribution in [3.63, 3.8) is 0 Å². The number of carbonyl (C=O) groups is 2. The SMILES string of the molecule is C/C(=C\C(=O)OCCCCCCCC(=O)O)[C@@H](O)[C@@H]1OC[C@@H](C/C=C/[C@@H](C)[C@H](C)O)[C@@H](O)[C@H]1O. The Balaban J connectivity index is 2.41. The molecule has 9 nitrogen and oxygen atoms in total. The molecule has 0 aliphatic carbocycles. The van der Waals surface area contributed by atoms with E-state index in [1.165, 1.54) is 6.92 Å². The van der Waals surface area contributed by atoms with Crippen LogP contribution in [-0.4, -0.2) is 81.2 Å². The first-order chi connectivity index (χ1) is 16.0. The molecule has 0 aromatic heterocycles. The number of hydrogen-bond acceptors (Lipinski definition) is 8. The van der Waals surface area contributed by atoms with Gasteiger partial charge in [-0.1, -0.05) is 38.3 Å². The number of hydrogen-bond donors (Lipinski definition) is 5. The van der Waals surface area contributed by atoms with E-state index in [0.29, 0.717) is 19.3 Å². The molecule has 1 aliphatic rings. The molecule has 196 valence electrons. The third kappa shape index (κ3) is 11.1. The first kappa shape index (κ1) is 30.3. The minimum absolute atomic E-state index is 0.0301. The molecule has 1 fully saturated rings. The van der Waals surface area contributed by atoms with Crippen LogP contribution in [0.2, 0.25) is 0 Å². The molecule has 34 heavy (non-hydrogen) atoms. The van der Waals surface area contributed by atoms with Crippen LogP contribution in [0.1, 0.15) is 65.7 Å². The summed E-state index contributed by atoms with van der Waals surface area (Å²) >= 11 is 0. The molecule has 1 rings (SSSR count). The summed E-state index contributed by atoms with van der Waals surface area (Å²) in [5, 5.41) is 49.6. The highest BCUT2D eigenvalue weighted by Gasteiger charge is 2.41. The van der Waals surface area contributed by atoms with Crippen molar-refractivity contribution < 1.29 is 44.6 Å². The monoisotopic (exact) mass is 486 g/mol. The van der Waals surface area contributed by atoms with Crippen LogP contribution >= 0.6 is 0 Å². The van der Waals surface area contributed by atoms with Gasteiger partial charge in [0, 0.05) is 18.4 Å². The summed E-state index contributed by atoms with van der Waals surface area (Å²) in [7, 11) is 0.